The molecule has 1 amide bonds. The summed E-state index contributed by atoms with van der Waals surface area (Å²) in [6.45, 7) is 4.38. The van der Waals surface area contributed by atoms with E-state index in [0.29, 0.717) is 6.42 Å². The third kappa shape index (κ3) is 8.47. The van der Waals surface area contributed by atoms with Crippen molar-refractivity contribution in [3.63, 3.8) is 0 Å². The van der Waals surface area contributed by atoms with Crippen LogP contribution in [0.3, 0.4) is 0 Å². The lowest BCUT2D eigenvalue weighted by Gasteiger charge is -2.14. The summed E-state index contributed by atoms with van der Waals surface area (Å²) >= 11 is 0. The fraction of sp³-hybridized carbons (Fsp3) is 0.323. The van der Waals surface area contributed by atoms with Crippen LogP contribution in [0.5, 0.6) is 0 Å². The molecular weight excluding hydrogens is 482 g/mol. The molecule has 0 aliphatic heterocycles. The van der Waals surface area contributed by atoms with E-state index >= 15 is 0 Å². The molecule has 38 heavy (non-hydrogen) atoms. The molecule has 1 aliphatic carbocycles. The minimum atomic E-state index is -0.687. The fourth-order valence-corrected chi connectivity index (χ4v) is 4.06. The summed E-state index contributed by atoms with van der Waals surface area (Å²) in [5.41, 5.74) is 5.42. The molecule has 4 rings (SSSR count). The molecule has 0 bridgehead atoms. The van der Waals surface area contributed by atoms with E-state index in [2.05, 4.69) is 31.3 Å². The van der Waals surface area contributed by atoms with Gasteiger partial charge in [0.15, 0.2) is 0 Å². The minimum Gasteiger partial charge on any atom is -0.464 e. The standard InChI is InChI=1S/C28H27NO6.C3H8.H2/c30-26(34-18-20-9-2-1-3-10-20)15-8-16-33-27(31)17-29-28(32)35-19-25-23-13-6-4-11-21(23)22-12-5-7-14-24(22)25;1-3-2;/h1-7,9-14,25H,8,15-19H2,(H,29,32);3H2,1-2H3;1H. The zero-order chi connectivity index (χ0) is 27.2. The van der Waals surface area contributed by atoms with E-state index in [4.69, 9.17) is 14.2 Å². The van der Waals surface area contributed by atoms with E-state index in [9.17, 15) is 14.4 Å². The minimum absolute atomic E-state index is 0. The van der Waals surface area contributed by atoms with Crippen molar-refractivity contribution in [3.8, 4) is 11.1 Å². The van der Waals surface area contributed by atoms with E-state index in [-0.39, 0.29) is 46.1 Å². The Hall–Kier alpha value is -4.13. The third-order valence-corrected chi connectivity index (χ3v) is 5.75. The number of amides is 1. The number of hydrogen-bond donors (Lipinski definition) is 1. The third-order valence-electron chi connectivity index (χ3n) is 5.75. The molecule has 0 radical (unpaired) electrons. The van der Waals surface area contributed by atoms with Crippen LogP contribution in [0.4, 0.5) is 4.79 Å². The molecule has 0 saturated heterocycles. The van der Waals surface area contributed by atoms with Gasteiger partial charge in [0.25, 0.3) is 0 Å². The van der Waals surface area contributed by atoms with Crippen molar-refractivity contribution in [1.29, 1.82) is 0 Å². The van der Waals surface area contributed by atoms with Gasteiger partial charge in [-0.25, -0.2) is 4.79 Å². The zero-order valence-electron chi connectivity index (χ0n) is 22.0. The number of nitrogens with one attached hydrogen (secondary N) is 1. The molecular formula is C31H37NO6. The van der Waals surface area contributed by atoms with Crippen LogP contribution in [0.1, 0.15) is 57.1 Å². The van der Waals surface area contributed by atoms with Crippen molar-refractivity contribution in [2.24, 2.45) is 0 Å². The summed E-state index contributed by atoms with van der Waals surface area (Å²) in [7, 11) is 0. The Bertz CT molecular complexity index is 1150. The van der Waals surface area contributed by atoms with Crippen molar-refractivity contribution in [2.75, 3.05) is 19.8 Å². The van der Waals surface area contributed by atoms with E-state index in [0.717, 1.165) is 27.8 Å². The molecule has 0 aromatic heterocycles. The molecule has 7 heteroatoms. The number of carbonyl (C=O) groups is 3. The van der Waals surface area contributed by atoms with Crippen LogP contribution in [0.15, 0.2) is 78.9 Å². The molecule has 3 aromatic rings. The molecule has 0 atom stereocenters. The molecule has 0 unspecified atom stereocenters. The maximum absolute atomic E-state index is 12.1. The Kier molecular flexibility index (Phi) is 11.4. The van der Waals surface area contributed by atoms with Gasteiger partial charge in [0, 0.05) is 13.8 Å². The smallest absolute Gasteiger partial charge is 0.407 e. The molecule has 1 N–H and O–H groups in total. The Balaban J connectivity index is 0.00000127. The predicted molar refractivity (Wildman–Crippen MR) is 148 cm³/mol. The van der Waals surface area contributed by atoms with Crippen molar-refractivity contribution in [2.45, 2.75) is 45.6 Å². The topological polar surface area (TPSA) is 90.9 Å². The van der Waals surface area contributed by atoms with Crippen LogP contribution in [0.25, 0.3) is 11.1 Å². The van der Waals surface area contributed by atoms with Crippen molar-refractivity contribution < 1.29 is 30.0 Å². The lowest BCUT2D eigenvalue weighted by Crippen LogP contribution is -2.32. The summed E-state index contributed by atoms with van der Waals surface area (Å²) in [6.07, 6.45) is 1.04. The van der Waals surface area contributed by atoms with Gasteiger partial charge < -0.3 is 19.5 Å². The van der Waals surface area contributed by atoms with Gasteiger partial charge in [-0.1, -0.05) is 99.1 Å². The summed E-state index contributed by atoms with van der Waals surface area (Å²) in [5.74, 6) is -1.01. The van der Waals surface area contributed by atoms with Crippen LogP contribution in [0.2, 0.25) is 0 Å². The van der Waals surface area contributed by atoms with Gasteiger partial charge in [-0.05, 0) is 34.2 Å². The van der Waals surface area contributed by atoms with Crippen LogP contribution >= 0.6 is 0 Å². The van der Waals surface area contributed by atoms with Crippen molar-refractivity contribution >= 4 is 18.0 Å². The first-order chi connectivity index (χ1) is 18.5. The molecule has 0 spiro atoms. The van der Waals surface area contributed by atoms with Gasteiger partial charge in [0.05, 0.1) is 6.61 Å². The maximum Gasteiger partial charge on any atom is 0.407 e. The molecule has 1 aliphatic rings. The zero-order valence-corrected chi connectivity index (χ0v) is 22.0. The van der Waals surface area contributed by atoms with Crippen LogP contribution in [-0.2, 0) is 30.4 Å². The quantitative estimate of drug-likeness (QED) is 0.193. The highest BCUT2D eigenvalue weighted by molar-refractivity contribution is 5.80. The monoisotopic (exact) mass is 519 g/mol. The first kappa shape index (κ1) is 28.4. The Morgan fingerprint density at radius 3 is 1.97 bits per heavy atom. The second-order valence-corrected chi connectivity index (χ2v) is 8.86. The number of fused-ring (bicyclic) bond motifs is 3. The number of esters is 2. The molecule has 3 aromatic carbocycles. The molecule has 0 saturated carbocycles. The van der Waals surface area contributed by atoms with Crippen LogP contribution in [0, 0.1) is 0 Å². The molecule has 202 valence electrons. The summed E-state index contributed by atoms with van der Waals surface area (Å²) in [4.78, 5) is 35.8. The second-order valence-electron chi connectivity index (χ2n) is 8.86. The van der Waals surface area contributed by atoms with Gasteiger partial charge >= 0.3 is 18.0 Å². The maximum atomic E-state index is 12.1. The average Bonchev–Trinajstić information content (AvgIpc) is 3.26. The summed E-state index contributed by atoms with van der Waals surface area (Å²) < 4.78 is 15.6. The van der Waals surface area contributed by atoms with E-state index in [1.165, 1.54) is 6.42 Å². The van der Waals surface area contributed by atoms with Gasteiger partial charge in [-0.15, -0.1) is 0 Å². The number of ether oxygens (including phenoxy) is 3. The van der Waals surface area contributed by atoms with E-state index in [1.54, 1.807) is 0 Å². The Morgan fingerprint density at radius 1 is 0.763 bits per heavy atom. The average molecular weight is 520 g/mol. The Labute approximate surface area is 225 Å². The van der Waals surface area contributed by atoms with Crippen LogP contribution in [-0.4, -0.2) is 37.8 Å². The van der Waals surface area contributed by atoms with E-state index in [1.807, 2.05) is 66.7 Å². The SMILES string of the molecule is CCC.O=C(CCCOC(=O)CNC(=O)OCC1c2ccccc2-c2ccccc21)OCc1ccccc1.[HH]. The Morgan fingerprint density at radius 2 is 1.34 bits per heavy atom. The first-order valence-electron chi connectivity index (χ1n) is 13.0. The van der Waals surface area contributed by atoms with Gasteiger partial charge in [0.2, 0.25) is 0 Å². The highest BCUT2D eigenvalue weighted by atomic mass is 16.6. The number of rotatable bonds is 10. The van der Waals surface area contributed by atoms with Gasteiger partial charge in [0.1, 0.15) is 19.8 Å². The van der Waals surface area contributed by atoms with Gasteiger partial charge in [-0.2, -0.15) is 0 Å². The fourth-order valence-electron chi connectivity index (χ4n) is 4.06. The number of carbonyl (C=O) groups excluding carboxylic acids is 3. The molecule has 0 heterocycles. The largest absolute Gasteiger partial charge is 0.464 e. The lowest BCUT2D eigenvalue weighted by molar-refractivity contribution is -0.147. The number of hydrogen-bond acceptors (Lipinski definition) is 6. The molecule has 0 fully saturated rings. The lowest BCUT2D eigenvalue weighted by atomic mass is 9.98. The van der Waals surface area contributed by atoms with Gasteiger partial charge in [-0.3, -0.25) is 9.59 Å². The highest BCUT2D eigenvalue weighted by Crippen LogP contribution is 2.44. The highest BCUT2D eigenvalue weighted by Gasteiger charge is 2.29. The number of benzene rings is 3. The summed E-state index contributed by atoms with van der Waals surface area (Å²) in [6, 6.07) is 25.5. The van der Waals surface area contributed by atoms with Crippen molar-refractivity contribution in [3.05, 3.63) is 95.6 Å². The molecule has 7 nitrogen and oxygen atoms in total. The van der Waals surface area contributed by atoms with E-state index < -0.39 is 12.1 Å². The second kappa shape index (κ2) is 15.2. The summed E-state index contributed by atoms with van der Waals surface area (Å²) in [5, 5.41) is 2.42. The predicted octanol–water partition coefficient (Wildman–Crippen LogP) is 6.25. The first-order valence-corrected chi connectivity index (χ1v) is 13.0. The van der Waals surface area contributed by atoms with Crippen LogP contribution < -0.4 is 5.32 Å². The number of alkyl carbamates (subject to hydrolysis) is 1. The van der Waals surface area contributed by atoms with Crippen molar-refractivity contribution in [1.82, 2.24) is 5.32 Å². The normalized spacial score (nSPS) is 11.3.